The van der Waals surface area contributed by atoms with Crippen LogP contribution in [0.1, 0.15) is 0 Å². The van der Waals surface area contributed by atoms with Crippen molar-refractivity contribution in [1.29, 1.82) is 0 Å². The van der Waals surface area contributed by atoms with Gasteiger partial charge < -0.3 is 5.11 Å². The number of hydrogen-bond acceptors (Lipinski definition) is 2. The Hall–Kier alpha value is -2.00. The molecule has 0 spiro atoms. The largest absolute Gasteiger partial charge is 0.507 e. The number of rotatable bonds is 1. The highest BCUT2D eigenvalue weighted by molar-refractivity contribution is 6.36. The van der Waals surface area contributed by atoms with Gasteiger partial charge in [-0.05, 0) is 12.1 Å². The summed E-state index contributed by atoms with van der Waals surface area (Å²) in [7, 11) is 1.83. The van der Waals surface area contributed by atoms with Crippen LogP contribution in [0.2, 0.25) is 5.02 Å². The Kier molecular flexibility index (Phi) is 2.49. The van der Waals surface area contributed by atoms with Crippen LogP contribution in [0.5, 0.6) is 5.75 Å². The fourth-order valence-electron chi connectivity index (χ4n) is 2.15. The summed E-state index contributed by atoms with van der Waals surface area (Å²) in [6, 6.07) is 11.2. The van der Waals surface area contributed by atoms with E-state index in [0.717, 1.165) is 16.5 Å². The van der Waals surface area contributed by atoms with E-state index >= 15 is 0 Å². The summed E-state index contributed by atoms with van der Waals surface area (Å²) in [6.07, 6.45) is 1.69. The van der Waals surface area contributed by atoms with Gasteiger partial charge in [0, 0.05) is 34.6 Å². The molecule has 0 bridgehead atoms. The van der Waals surface area contributed by atoms with Gasteiger partial charge in [0.1, 0.15) is 5.75 Å². The normalized spacial score (nSPS) is 11.0. The quantitative estimate of drug-likeness (QED) is 0.724. The first-order valence-corrected chi connectivity index (χ1v) is 5.95. The third kappa shape index (κ3) is 1.56. The molecular weight excluding hydrogens is 248 g/mol. The third-order valence-electron chi connectivity index (χ3n) is 3.06. The third-order valence-corrected chi connectivity index (χ3v) is 3.38. The van der Waals surface area contributed by atoms with Gasteiger partial charge in [-0.3, -0.25) is 4.68 Å². The lowest BCUT2D eigenvalue weighted by molar-refractivity contribution is 0.483. The fraction of sp³-hybridized carbons (Fsp3) is 0.0714. The Morgan fingerprint density at radius 2 is 1.89 bits per heavy atom. The van der Waals surface area contributed by atoms with Crippen molar-refractivity contribution in [2.75, 3.05) is 0 Å². The summed E-state index contributed by atoms with van der Waals surface area (Å²) < 4.78 is 1.71. The molecular formula is C14H11ClN2O. The smallest absolute Gasteiger partial charge is 0.132 e. The van der Waals surface area contributed by atoms with E-state index in [4.69, 9.17) is 11.6 Å². The van der Waals surface area contributed by atoms with Crippen LogP contribution in [0.15, 0.2) is 42.6 Å². The number of benzene rings is 2. The maximum atomic E-state index is 10.4. The van der Waals surface area contributed by atoms with Crippen LogP contribution in [0.25, 0.3) is 22.0 Å². The van der Waals surface area contributed by atoms with Crippen molar-refractivity contribution < 1.29 is 5.11 Å². The maximum Gasteiger partial charge on any atom is 0.132 e. The second-order valence-electron chi connectivity index (χ2n) is 4.14. The van der Waals surface area contributed by atoms with E-state index in [9.17, 15) is 5.11 Å². The predicted octanol–water partition coefficient (Wildman–Crippen LogP) is 3.60. The minimum atomic E-state index is 0.235. The Balaban J connectivity index is 2.39. The SMILES string of the molecule is Cn1nccc1-c1cc(Cl)c2ccccc2c1O. The summed E-state index contributed by atoms with van der Waals surface area (Å²) in [4.78, 5) is 0. The minimum Gasteiger partial charge on any atom is -0.507 e. The van der Waals surface area contributed by atoms with Crippen LogP contribution in [-0.4, -0.2) is 14.9 Å². The molecule has 1 aromatic heterocycles. The van der Waals surface area contributed by atoms with Crippen molar-refractivity contribution in [1.82, 2.24) is 9.78 Å². The highest BCUT2D eigenvalue weighted by Crippen LogP contribution is 2.39. The number of aromatic nitrogens is 2. The summed E-state index contributed by atoms with van der Waals surface area (Å²) in [5.41, 5.74) is 1.53. The van der Waals surface area contributed by atoms with Gasteiger partial charge in [0.05, 0.1) is 5.69 Å². The van der Waals surface area contributed by atoms with E-state index < -0.39 is 0 Å². The fourth-order valence-corrected chi connectivity index (χ4v) is 2.42. The second-order valence-corrected chi connectivity index (χ2v) is 4.55. The molecule has 0 aliphatic carbocycles. The molecule has 0 radical (unpaired) electrons. The molecule has 0 saturated heterocycles. The van der Waals surface area contributed by atoms with Crippen LogP contribution in [0.4, 0.5) is 0 Å². The first kappa shape index (κ1) is 11.1. The first-order valence-electron chi connectivity index (χ1n) is 5.57. The molecule has 3 rings (SSSR count). The summed E-state index contributed by atoms with van der Waals surface area (Å²) in [6.45, 7) is 0. The predicted molar refractivity (Wildman–Crippen MR) is 72.8 cm³/mol. The van der Waals surface area contributed by atoms with Crippen molar-refractivity contribution in [2.24, 2.45) is 7.05 Å². The summed E-state index contributed by atoms with van der Waals surface area (Å²) >= 11 is 6.26. The number of phenolic OH excluding ortho intramolecular Hbond substituents is 1. The molecule has 1 N–H and O–H groups in total. The Morgan fingerprint density at radius 1 is 1.17 bits per heavy atom. The van der Waals surface area contributed by atoms with Crippen LogP contribution in [-0.2, 0) is 7.05 Å². The number of aryl methyl sites for hydroxylation is 1. The van der Waals surface area contributed by atoms with Gasteiger partial charge in [-0.2, -0.15) is 5.10 Å². The van der Waals surface area contributed by atoms with E-state index in [-0.39, 0.29) is 5.75 Å². The highest BCUT2D eigenvalue weighted by atomic mass is 35.5. The zero-order valence-corrected chi connectivity index (χ0v) is 10.5. The molecule has 18 heavy (non-hydrogen) atoms. The van der Waals surface area contributed by atoms with Crippen molar-refractivity contribution in [2.45, 2.75) is 0 Å². The van der Waals surface area contributed by atoms with E-state index in [1.165, 1.54) is 0 Å². The molecule has 90 valence electrons. The van der Waals surface area contributed by atoms with E-state index in [2.05, 4.69) is 5.10 Å². The lowest BCUT2D eigenvalue weighted by atomic mass is 10.0. The molecule has 0 aliphatic heterocycles. The van der Waals surface area contributed by atoms with Gasteiger partial charge in [-0.1, -0.05) is 35.9 Å². The second kappa shape index (κ2) is 4.03. The lowest BCUT2D eigenvalue weighted by Crippen LogP contribution is -1.94. The van der Waals surface area contributed by atoms with Crippen LogP contribution >= 0.6 is 11.6 Å². The van der Waals surface area contributed by atoms with Crippen molar-refractivity contribution in [3.05, 3.63) is 47.6 Å². The monoisotopic (exact) mass is 258 g/mol. The molecule has 0 atom stereocenters. The average Bonchev–Trinajstić information content (AvgIpc) is 2.80. The van der Waals surface area contributed by atoms with Crippen molar-refractivity contribution in [3.8, 4) is 17.0 Å². The van der Waals surface area contributed by atoms with E-state index in [1.54, 1.807) is 16.9 Å². The maximum absolute atomic E-state index is 10.4. The van der Waals surface area contributed by atoms with Crippen molar-refractivity contribution >= 4 is 22.4 Å². The number of aromatic hydroxyl groups is 1. The van der Waals surface area contributed by atoms with Gasteiger partial charge in [0.25, 0.3) is 0 Å². The minimum absolute atomic E-state index is 0.235. The van der Waals surface area contributed by atoms with Gasteiger partial charge >= 0.3 is 0 Å². The number of nitrogens with zero attached hydrogens (tertiary/aromatic N) is 2. The van der Waals surface area contributed by atoms with Crippen LogP contribution in [0, 0.1) is 0 Å². The molecule has 1 heterocycles. The molecule has 0 fully saturated rings. The van der Waals surface area contributed by atoms with E-state index in [0.29, 0.717) is 10.6 Å². The summed E-state index contributed by atoms with van der Waals surface area (Å²) in [5, 5.41) is 16.7. The molecule has 2 aromatic carbocycles. The molecule has 3 aromatic rings. The standard InChI is InChI=1S/C14H11ClN2O/c1-17-13(6-7-16-17)11-8-12(15)9-4-2-3-5-10(9)14(11)18/h2-8,18H,1H3. The molecule has 0 aliphatic rings. The van der Waals surface area contributed by atoms with Crippen LogP contribution < -0.4 is 0 Å². The molecule has 3 nitrogen and oxygen atoms in total. The molecule has 0 amide bonds. The Bertz CT molecular complexity index is 734. The van der Waals surface area contributed by atoms with Crippen LogP contribution in [0.3, 0.4) is 0 Å². The van der Waals surface area contributed by atoms with Gasteiger partial charge in [-0.25, -0.2) is 0 Å². The number of fused-ring (bicyclic) bond motifs is 1. The van der Waals surface area contributed by atoms with E-state index in [1.807, 2.05) is 37.4 Å². The van der Waals surface area contributed by atoms with Gasteiger partial charge in [0.15, 0.2) is 0 Å². The topological polar surface area (TPSA) is 38.0 Å². The van der Waals surface area contributed by atoms with Crippen molar-refractivity contribution in [3.63, 3.8) is 0 Å². The first-order chi connectivity index (χ1) is 8.68. The molecule has 0 unspecified atom stereocenters. The number of hydrogen-bond donors (Lipinski definition) is 1. The summed E-state index contributed by atoms with van der Waals surface area (Å²) in [5.74, 6) is 0.235. The van der Waals surface area contributed by atoms with Gasteiger partial charge in [-0.15, -0.1) is 0 Å². The zero-order chi connectivity index (χ0) is 12.7. The number of halogens is 1. The molecule has 0 saturated carbocycles. The Morgan fingerprint density at radius 3 is 2.56 bits per heavy atom. The Labute approximate surface area is 109 Å². The highest BCUT2D eigenvalue weighted by Gasteiger charge is 2.13. The average molecular weight is 259 g/mol. The zero-order valence-electron chi connectivity index (χ0n) is 9.76. The van der Waals surface area contributed by atoms with Gasteiger partial charge in [0.2, 0.25) is 0 Å². The molecule has 4 heteroatoms. The number of phenols is 1. The lowest BCUT2D eigenvalue weighted by Gasteiger charge is -2.10.